The van der Waals surface area contributed by atoms with Crippen LogP contribution < -0.4 is 10.6 Å². The van der Waals surface area contributed by atoms with E-state index < -0.39 is 0 Å². The zero-order valence-corrected chi connectivity index (χ0v) is 11.7. The quantitative estimate of drug-likeness (QED) is 0.931. The maximum atomic E-state index is 5.83. The number of aromatic nitrogens is 3. The Kier molecular flexibility index (Phi) is 4.16. The molecule has 0 bridgehead atoms. The second kappa shape index (κ2) is 5.84. The molecule has 19 heavy (non-hydrogen) atoms. The molecule has 1 aromatic heterocycles. The van der Waals surface area contributed by atoms with Gasteiger partial charge in [-0.3, -0.25) is 0 Å². The fourth-order valence-corrected chi connectivity index (χ4v) is 2.15. The highest BCUT2D eigenvalue weighted by molar-refractivity contribution is 6.28. The van der Waals surface area contributed by atoms with Gasteiger partial charge in [-0.2, -0.15) is 15.0 Å². The third kappa shape index (κ3) is 3.12. The minimum atomic E-state index is 0.112. The van der Waals surface area contributed by atoms with Crippen molar-refractivity contribution in [2.75, 3.05) is 17.2 Å². The van der Waals surface area contributed by atoms with E-state index in [1.807, 2.05) is 30.0 Å². The van der Waals surface area contributed by atoms with Crippen molar-refractivity contribution in [3.63, 3.8) is 0 Å². The molecule has 0 unspecified atom stereocenters. The van der Waals surface area contributed by atoms with E-state index in [9.17, 15) is 0 Å². The van der Waals surface area contributed by atoms with Crippen molar-refractivity contribution >= 4 is 23.5 Å². The molecule has 0 radical (unpaired) electrons. The van der Waals surface area contributed by atoms with Crippen LogP contribution in [0.3, 0.4) is 0 Å². The number of rotatable bonds is 4. The Bertz CT molecular complexity index is 526. The second-order valence-corrected chi connectivity index (χ2v) is 4.47. The number of benzene rings is 1. The summed E-state index contributed by atoms with van der Waals surface area (Å²) in [4.78, 5) is 14.1. The molecule has 0 aliphatic carbocycles. The summed E-state index contributed by atoms with van der Waals surface area (Å²) in [6.45, 7) is 4.87. The number of halogens is 1. The molecular formula is C13H16ClN5. The van der Waals surface area contributed by atoms with E-state index in [2.05, 4.69) is 34.0 Å². The summed E-state index contributed by atoms with van der Waals surface area (Å²) in [7, 11) is 0. The summed E-state index contributed by atoms with van der Waals surface area (Å²) >= 11 is 5.83. The molecule has 2 rings (SSSR count). The van der Waals surface area contributed by atoms with Gasteiger partial charge in [-0.1, -0.05) is 30.3 Å². The zero-order chi connectivity index (χ0) is 13.8. The summed E-state index contributed by atoms with van der Waals surface area (Å²) in [6.07, 6.45) is 0. The Balaban J connectivity index is 2.34. The van der Waals surface area contributed by atoms with Crippen molar-refractivity contribution in [2.45, 2.75) is 19.9 Å². The van der Waals surface area contributed by atoms with Gasteiger partial charge in [0.2, 0.25) is 17.2 Å². The monoisotopic (exact) mass is 277 g/mol. The molecule has 0 saturated heterocycles. The van der Waals surface area contributed by atoms with Crippen LogP contribution in [0.2, 0.25) is 5.28 Å². The van der Waals surface area contributed by atoms with E-state index in [1.54, 1.807) is 0 Å². The minimum absolute atomic E-state index is 0.112. The number of hydrogen-bond acceptors (Lipinski definition) is 5. The third-order valence-electron chi connectivity index (χ3n) is 2.96. The molecule has 0 aliphatic heterocycles. The Morgan fingerprint density at radius 1 is 1.21 bits per heavy atom. The molecule has 0 spiro atoms. The number of hydrogen-bond donors (Lipinski definition) is 1. The van der Waals surface area contributed by atoms with Crippen LogP contribution in [0.15, 0.2) is 30.3 Å². The molecule has 6 heteroatoms. The minimum Gasteiger partial charge on any atom is -0.368 e. The van der Waals surface area contributed by atoms with Crippen molar-refractivity contribution in [2.24, 2.45) is 0 Å². The molecule has 100 valence electrons. The van der Waals surface area contributed by atoms with Crippen LogP contribution in [-0.2, 0) is 0 Å². The predicted molar refractivity (Wildman–Crippen MR) is 77.1 cm³/mol. The Hall–Kier alpha value is -1.88. The number of nitrogens with two attached hydrogens (primary N) is 1. The molecule has 1 atom stereocenters. The van der Waals surface area contributed by atoms with Gasteiger partial charge in [0, 0.05) is 6.54 Å². The molecule has 1 aromatic carbocycles. The predicted octanol–water partition coefficient (Wildman–Crippen LogP) is 2.69. The smallest absolute Gasteiger partial charge is 0.231 e. The van der Waals surface area contributed by atoms with Gasteiger partial charge in [-0.05, 0) is 31.0 Å². The zero-order valence-electron chi connectivity index (χ0n) is 10.9. The standard InChI is InChI=1S/C13H16ClN5/c1-3-19(9(2)10-7-5-4-6-8-10)13-17-11(14)16-12(15)18-13/h4-9H,3H2,1-2H3,(H2,15,16,17,18)/t9-/m1/s1. The van der Waals surface area contributed by atoms with Crippen molar-refractivity contribution in [3.8, 4) is 0 Å². The third-order valence-corrected chi connectivity index (χ3v) is 3.13. The lowest BCUT2D eigenvalue weighted by Gasteiger charge is -2.28. The Morgan fingerprint density at radius 3 is 2.47 bits per heavy atom. The molecule has 2 aromatic rings. The van der Waals surface area contributed by atoms with E-state index in [1.165, 1.54) is 5.56 Å². The maximum Gasteiger partial charge on any atom is 0.231 e. The van der Waals surface area contributed by atoms with E-state index in [4.69, 9.17) is 17.3 Å². The van der Waals surface area contributed by atoms with Crippen LogP contribution in [0.5, 0.6) is 0 Å². The summed E-state index contributed by atoms with van der Waals surface area (Å²) in [5.41, 5.74) is 6.80. The van der Waals surface area contributed by atoms with E-state index in [0.717, 1.165) is 6.54 Å². The summed E-state index contributed by atoms with van der Waals surface area (Å²) in [5.74, 6) is 0.630. The number of nitrogen functional groups attached to an aromatic ring is 1. The second-order valence-electron chi connectivity index (χ2n) is 4.14. The first-order valence-corrected chi connectivity index (χ1v) is 6.48. The van der Waals surface area contributed by atoms with Gasteiger partial charge in [-0.15, -0.1) is 0 Å². The Labute approximate surface area is 117 Å². The molecular weight excluding hydrogens is 262 g/mol. The molecule has 0 saturated carbocycles. The molecule has 0 aliphatic rings. The largest absolute Gasteiger partial charge is 0.368 e. The first-order chi connectivity index (χ1) is 9.11. The first-order valence-electron chi connectivity index (χ1n) is 6.10. The fourth-order valence-electron chi connectivity index (χ4n) is 1.98. The fraction of sp³-hybridized carbons (Fsp3) is 0.308. The lowest BCUT2D eigenvalue weighted by atomic mass is 10.1. The van der Waals surface area contributed by atoms with Gasteiger partial charge in [0.1, 0.15) is 0 Å². The average Bonchev–Trinajstić information content (AvgIpc) is 2.39. The van der Waals surface area contributed by atoms with Crippen LogP contribution >= 0.6 is 11.6 Å². The topological polar surface area (TPSA) is 67.9 Å². The van der Waals surface area contributed by atoms with Gasteiger partial charge >= 0.3 is 0 Å². The lowest BCUT2D eigenvalue weighted by Crippen LogP contribution is -2.28. The summed E-state index contributed by atoms with van der Waals surface area (Å²) < 4.78 is 0. The van der Waals surface area contributed by atoms with Crippen LogP contribution in [0.25, 0.3) is 0 Å². The van der Waals surface area contributed by atoms with Crippen LogP contribution in [0.1, 0.15) is 25.5 Å². The van der Waals surface area contributed by atoms with Gasteiger partial charge in [0.25, 0.3) is 0 Å². The van der Waals surface area contributed by atoms with Crippen molar-refractivity contribution < 1.29 is 0 Å². The lowest BCUT2D eigenvalue weighted by molar-refractivity contribution is 0.666. The van der Waals surface area contributed by atoms with Crippen molar-refractivity contribution in [1.29, 1.82) is 0 Å². The first kappa shape index (κ1) is 13.5. The van der Waals surface area contributed by atoms with Gasteiger partial charge < -0.3 is 10.6 Å². The van der Waals surface area contributed by atoms with Crippen LogP contribution in [0, 0.1) is 0 Å². The van der Waals surface area contributed by atoms with Crippen LogP contribution in [-0.4, -0.2) is 21.5 Å². The van der Waals surface area contributed by atoms with E-state index >= 15 is 0 Å². The maximum absolute atomic E-state index is 5.83. The summed E-state index contributed by atoms with van der Waals surface area (Å²) in [6, 6.07) is 10.3. The van der Waals surface area contributed by atoms with Gasteiger partial charge in [-0.25, -0.2) is 0 Å². The number of anilines is 2. The van der Waals surface area contributed by atoms with Crippen molar-refractivity contribution in [3.05, 3.63) is 41.2 Å². The number of nitrogens with zero attached hydrogens (tertiary/aromatic N) is 4. The van der Waals surface area contributed by atoms with Gasteiger partial charge in [0.15, 0.2) is 0 Å². The SMILES string of the molecule is CCN(c1nc(N)nc(Cl)n1)[C@H](C)c1ccccc1. The molecule has 0 fully saturated rings. The van der Waals surface area contributed by atoms with E-state index in [0.29, 0.717) is 5.95 Å². The molecule has 0 amide bonds. The molecule has 5 nitrogen and oxygen atoms in total. The normalized spacial score (nSPS) is 12.2. The average molecular weight is 278 g/mol. The molecule has 1 heterocycles. The summed E-state index contributed by atoms with van der Waals surface area (Å²) in [5, 5.41) is 0.112. The van der Waals surface area contributed by atoms with Crippen LogP contribution in [0.4, 0.5) is 11.9 Å². The highest BCUT2D eigenvalue weighted by Gasteiger charge is 2.18. The molecule has 2 N–H and O–H groups in total. The van der Waals surface area contributed by atoms with E-state index in [-0.39, 0.29) is 17.3 Å². The highest BCUT2D eigenvalue weighted by Crippen LogP contribution is 2.24. The highest BCUT2D eigenvalue weighted by atomic mass is 35.5. The van der Waals surface area contributed by atoms with Crippen molar-refractivity contribution in [1.82, 2.24) is 15.0 Å². The van der Waals surface area contributed by atoms with Gasteiger partial charge in [0.05, 0.1) is 6.04 Å². The Morgan fingerprint density at radius 2 is 1.89 bits per heavy atom.